The van der Waals surface area contributed by atoms with E-state index in [1.54, 1.807) is 0 Å². The summed E-state index contributed by atoms with van der Waals surface area (Å²) in [6.45, 7) is 5.03. The maximum absolute atomic E-state index is 5.13. The van der Waals surface area contributed by atoms with Crippen LogP contribution in [0.1, 0.15) is 49.2 Å². The van der Waals surface area contributed by atoms with Gasteiger partial charge >= 0.3 is 0 Å². The molecule has 2 N–H and O–H groups in total. The smallest absolute Gasteiger partial charge is 0.110 e. The summed E-state index contributed by atoms with van der Waals surface area (Å²) in [5, 5.41) is 2.49. The SMILES string of the molecule is C[Si]1(C)CC[C@H](c2nc3c(ccc4cc(-c5ccc(-c6cnc(C7C[C@@H]8C[C@@H]8C7)[nH]6)cc5)ccc43)[nH]2)C1. The van der Waals surface area contributed by atoms with Crippen LogP contribution in [0, 0.1) is 11.8 Å². The molecular formula is C32H34N4Si. The number of aromatic nitrogens is 4. The van der Waals surface area contributed by atoms with Crippen molar-refractivity contribution in [2.75, 3.05) is 0 Å². The Morgan fingerprint density at radius 1 is 0.784 bits per heavy atom. The van der Waals surface area contributed by atoms with Gasteiger partial charge in [-0.1, -0.05) is 61.6 Å². The van der Waals surface area contributed by atoms with Gasteiger partial charge in [-0.2, -0.15) is 0 Å². The summed E-state index contributed by atoms with van der Waals surface area (Å²) in [5.74, 6) is 5.59. The normalized spacial score (nSPS) is 26.2. The van der Waals surface area contributed by atoms with Crippen molar-refractivity contribution in [3.05, 3.63) is 72.4 Å². The Hall–Kier alpha value is -3.18. The van der Waals surface area contributed by atoms with Crippen LogP contribution < -0.4 is 0 Å². The molecule has 2 aromatic heterocycles. The van der Waals surface area contributed by atoms with E-state index in [0.29, 0.717) is 11.8 Å². The van der Waals surface area contributed by atoms with Crippen molar-refractivity contribution in [1.82, 2.24) is 19.9 Å². The van der Waals surface area contributed by atoms with Gasteiger partial charge in [0.05, 0.1) is 22.9 Å². The number of nitrogens with zero attached hydrogens (tertiary/aromatic N) is 2. The van der Waals surface area contributed by atoms with Gasteiger partial charge in [0.2, 0.25) is 0 Å². The van der Waals surface area contributed by atoms with Crippen molar-refractivity contribution in [2.45, 2.75) is 62.7 Å². The molecule has 5 heteroatoms. The van der Waals surface area contributed by atoms with E-state index in [-0.39, 0.29) is 0 Å². The molecule has 2 saturated carbocycles. The second kappa shape index (κ2) is 7.91. The van der Waals surface area contributed by atoms with Crippen LogP contribution in [0.2, 0.25) is 25.2 Å². The highest BCUT2D eigenvalue weighted by Crippen LogP contribution is 2.57. The van der Waals surface area contributed by atoms with E-state index in [1.165, 1.54) is 82.4 Å². The third kappa shape index (κ3) is 3.78. The standard InChI is InChI=1S/C32H34N4Si/c1-37(2)12-11-23(18-37)32-34-28-10-8-22-13-21(7-9-27(22)30(28)36-32)19-3-5-20(6-4-19)29-17-33-31(35-29)26-15-24-14-25(24)16-26/h3-10,13,17,23-26H,11-12,14-16,18H2,1-2H3,(H,33,35)(H,34,36)/t23-,24-,25+,26?/m0/s1. The minimum atomic E-state index is -1.03. The quantitative estimate of drug-likeness (QED) is 0.242. The van der Waals surface area contributed by atoms with Gasteiger partial charge < -0.3 is 9.97 Å². The Bertz CT molecular complexity index is 1630. The lowest BCUT2D eigenvalue weighted by Gasteiger charge is -2.13. The molecule has 3 aromatic carbocycles. The van der Waals surface area contributed by atoms with Gasteiger partial charge in [0, 0.05) is 25.3 Å². The van der Waals surface area contributed by atoms with Crippen LogP contribution in [0.3, 0.4) is 0 Å². The molecule has 3 heterocycles. The zero-order valence-corrected chi connectivity index (χ0v) is 22.7. The van der Waals surface area contributed by atoms with Crippen molar-refractivity contribution in [3.8, 4) is 22.4 Å². The first kappa shape index (κ1) is 21.9. The molecule has 1 saturated heterocycles. The molecule has 186 valence electrons. The summed E-state index contributed by atoms with van der Waals surface area (Å²) in [4.78, 5) is 17.2. The van der Waals surface area contributed by atoms with Gasteiger partial charge in [0.1, 0.15) is 11.6 Å². The van der Waals surface area contributed by atoms with E-state index < -0.39 is 8.07 Å². The Labute approximate surface area is 219 Å². The van der Waals surface area contributed by atoms with E-state index >= 15 is 0 Å². The van der Waals surface area contributed by atoms with Crippen molar-refractivity contribution in [2.24, 2.45) is 11.8 Å². The second-order valence-corrected chi connectivity index (χ2v) is 18.0. The maximum atomic E-state index is 5.13. The van der Waals surface area contributed by atoms with Crippen LogP contribution >= 0.6 is 0 Å². The first-order valence-corrected chi connectivity index (χ1v) is 17.5. The molecule has 2 aliphatic carbocycles. The average molecular weight is 503 g/mol. The molecule has 0 bridgehead atoms. The lowest BCUT2D eigenvalue weighted by Crippen LogP contribution is -2.19. The van der Waals surface area contributed by atoms with Crippen LogP contribution in [0.15, 0.2) is 60.8 Å². The molecule has 37 heavy (non-hydrogen) atoms. The molecule has 0 radical (unpaired) electrons. The van der Waals surface area contributed by atoms with Crippen LogP contribution in [0.5, 0.6) is 0 Å². The zero-order chi connectivity index (χ0) is 24.7. The number of hydrogen-bond donors (Lipinski definition) is 2. The maximum Gasteiger partial charge on any atom is 0.110 e. The minimum Gasteiger partial charge on any atom is -0.342 e. The molecule has 4 atom stereocenters. The first-order chi connectivity index (χ1) is 18.0. The van der Waals surface area contributed by atoms with E-state index in [9.17, 15) is 0 Å². The van der Waals surface area contributed by atoms with E-state index in [1.807, 2.05) is 6.20 Å². The van der Waals surface area contributed by atoms with Crippen molar-refractivity contribution in [3.63, 3.8) is 0 Å². The van der Waals surface area contributed by atoms with Crippen molar-refractivity contribution >= 4 is 29.9 Å². The molecule has 8 rings (SSSR count). The van der Waals surface area contributed by atoms with Crippen LogP contribution in [-0.2, 0) is 0 Å². The first-order valence-electron chi connectivity index (χ1n) is 14.1. The largest absolute Gasteiger partial charge is 0.342 e. The number of rotatable bonds is 4. The Balaban J connectivity index is 1.06. The number of benzene rings is 3. The topological polar surface area (TPSA) is 57.4 Å². The molecule has 3 aliphatic rings. The number of aromatic amines is 2. The summed E-state index contributed by atoms with van der Waals surface area (Å²) in [5.41, 5.74) is 7.10. The number of imidazole rings is 2. The van der Waals surface area contributed by atoms with Gasteiger partial charge in [-0.25, -0.2) is 9.97 Å². The lowest BCUT2D eigenvalue weighted by atomic mass is 9.99. The van der Waals surface area contributed by atoms with E-state index in [0.717, 1.165) is 23.0 Å². The number of fused-ring (bicyclic) bond motifs is 4. The summed E-state index contributed by atoms with van der Waals surface area (Å²) in [6, 6.07) is 22.9. The Kier molecular flexibility index (Phi) is 4.67. The summed E-state index contributed by atoms with van der Waals surface area (Å²) < 4.78 is 0. The monoisotopic (exact) mass is 502 g/mol. The summed E-state index contributed by atoms with van der Waals surface area (Å²) in [7, 11) is -1.03. The van der Waals surface area contributed by atoms with Gasteiger partial charge in [0.25, 0.3) is 0 Å². The number of hydrogen-bond acceptors (Lipinski definition) is 2. The van der Waals surface area contributed by atoms with Crippen molar-refractivity contribution in [1.29, 1.82) is 0 Å². The average Bonchev–Trinajstić information content (AvgIpc) is 3.41. The third-order valence-electron chi connectivity index (χ3n) is 9.60. The molecule has 0 amide bonds. The van der Waals surface area contributed by atoms with Gasteiger partial charge in [-0.3, -0.25) is 0 Å². The molecule has 5 aromatic rings. The van der Waals surface area contributed by atoms with Gasteiger partial charge in [-0.15, -0.1) is 0 Å². The third-order valence-corrected chi connectivity index (χ3v) is 12.8. The summed E-state index contributed by atoms with van der Waals surface area (Å²) in [6.07, 6.45) is 7.41. The van der Waals surface area contributed by atoms with Crippen LogP contribution in [-0.4, -0.2) is 28.0 Å². The fraction of sp³-hybridized carbons (Fsp3) is 0.375. The highest BCUT2D eigenvalue weighted by atomic mass is 28.3. The number of nitrogens with one attached hydrogen (secondary N) is 2. The van der Waals surface area contributed by atoms with E-state index in [4.69, 9.17) is 9.97 Å². The fourth-order valence-corrected chi connectivity index (χ4v) is 10.4. The van der Waals surface area contributed by atoms with E-state index in [2.05, 4.69) is 77.7 Å². The van der Waals surface area contributed by atoms with Gasteiger partial charge in [-0.05, 0) is 77.8 Å². The highest BCUT2D eigenvalue weighted by molar-refractivity contribution is 6.78. The minimum absolute atomic E-state index is 0.608. The highest BCUT2D eigenvalue weighted by Gasteiger charge is 2.47. The molecule has 1 aliphatic heterocycles. The number of H-pyrrole nitrogens is 2. The summed E-state index contributed by atoms with van der Waals surface area (Å²) >= 11 is 0. The predicted octanol–water partition coefficient (Wildman–Crippen LogP) is 8.48. The molecule has 3 fully saturated rings. The molecule has 0 spiro atoms. The second-order valence-electron chi connectivity index (χ2n) is 12.8. The van der Waals surface area contributed by atoms with Gasteiger partial charge in [0.15, 0.2) is 0 Å². The molecule has 1 unspecified atom stereocenters. The van der Waals surface area contributed by atoms with Crippen molar-refractivity contribution < 1.29 is 0 Å². The van der Waals surface area contributed by atoms with Crippen LogP contribution in [0.25, 0.3) is 44.2 Å². The fourth-order valence-electron chi connectivity index (χ4n) is 7.33. The lowest BCUT2D eigenvalue weighted by molar-refractivity contribution is 0.596. The van der Waals surface area contributed by atoms with Crippen LogP contribution in [0.4, 0.5) is 0 Å². The molecule has 4 nitrogen and oxygen atoms in total. The molecular weight excluding hydrogens is 468 g/mol. The Morgan fingerprint density at radius 2 is 1.57 bits per heavy atom. The zero-order valence-electron chi connectivity index (χ0n) is 21.7. The Morgan fingerprint density at radius 3 is 2.35 bits per heavy atom. The predicted molar refractivity (Wildman–Crippen MR) is 155 cm³/mol.